The number of ether oxygens (including phenoxy) is 4. The summed E-state index contributed by atoms with van der Waals surface area (Å²) in [5, 5.41) is 0.841. The average Bonchev–Trinajstić information content (AvgIpc) is 2.45. The topological polar surface area (TPSA) is 54.0 Å². The molecule has 0 atom stereocenters. The first-order chi connectivity index (χ1) is 9.81. The molecule has 0 amide bonds. The molecule has 0 rings (SSSR count). The summed E-state index contributed by atoms with van der Waals surface area (Å²) in [7, 11) is 0. The summed E-state index contributed by atoms with van der Waals surface area (Å²) < 4.78 is 20.8. The van der Waals surface area contributed by atoms with Gasteiger partial charge in [-0.25, -0.2) is 0 Å². The lowest BCUT2D eigenvalue weighted by Gasteiger charge is -2.07. The minimum atomic E-state index is -0.137. The van der Waals surface area contributed by atoms with E-state index in [-0.39, 0.29) is 5.97 Å². The van der Waals surface area contributed by atoms with Gasteiger partial charge in [0.1, 0.15) is 6.61 Å². The van der Waals surface area contributed by atoms with Crippen molar-refractivity contribution < 1.29 is 23.7 Å². The van der Waals surface area contributed by atoms with Gasteiger partial charge in [-0.15, -0.1) is 0 Å². The van der Waals surface area contributed by atoms with Crippen molar-refractivity contribution in [3.05, 3.63) is 0 Å². The molecule has 0 saturated carbocycles. The second kappa shape index (κ2) is 16.9. The van der Waals surface area contributed by atoms with E-state index in [2.05, 4.69) is 22.9 Å². The molecule has 5 nitrogen and oxygen atoms in total. The van der Waals surface area contributed by atoms with Gasteiger partial charge in [-0.05, 0) is 6.42 Å². The van der Waals surface area contributed by atoms with Crippen LogP contribution in [0.2, 0.25) is 0 Å². The molecule has 0 saturated heterocycles. The van der Waals surface area contributed by atoms with Gasteiger partial charge in [-0.1, -0.05) is 35.7 Å². The van der Waals surface area contributed by atoms with Gasteiger partial charge in [0.15, 0.2) is 0 Å². The van der Waals surface area contributed by atoms with E-state index in [1.807, 2.05) is 0 Å². The Morgan fingerprint density at radius 1 is 0.850 bits per heavy atom. The highest BCUT2D eigenvalue weighted by Gasteiger charge is 2.01. The monoisotopic (exact) mass is 354 g/mol. The lowest BCUT2D eigenvalue weighted by Crippen LogP contribution is -2.14. The second-order valence-corrected chi connectivity index (χ2v) is 5.00. The van der Waals surface area contributed by atoms with Crippen LogP contribution in [0.25, 0.3) is 0 Å². The van der Waals surface area contributed by atoms with Crippen LogP contribution in [0.15, 0.2) is 0 Å². The summed E-state index contributed by atoms with van der Waals surface area (Å²) in [6.07, 6.45) is 3.59. The third-order valence-electron chi connectivity index (χ3n) is 2.44. The second-order valence-electron chi connectivity index (χ2n) is 4.20. The van der Waals surface area contributed by atoms with Crippen molar-refractivity contribution in [2.75, 3.05) is 51.6 Å². The Balaban J connectivity index is 3.07. The van der Waals surface area contributed by atoms with E-state index in [0.717, 1.165) is 24.6 Å². The number of hydrogen-bond acceptors (Lipinski definition) is 5. The predicted molar refractivity (Wildman–Crippen MR) is 81.4 cm³/mol. The molecule has 0 aromatic rings. The molecular formula is C14H27BrO5. The number of alkyl halides is 1. The Kier molecular flexibility index (Phi) is 16.7. The maximum Gasteiger partial charge on any atom is 0.305 e. The van der Waals surface area contributed by atoms with Crippen molar-refractivity contribution in [1.82, 2.24) is 0 Å². The molecule has 0 bridgehead atoms. The quantitative estimate of drug-likeness (QED) is 0.257. The molecule has 0 heterocycles. The summed E-state index contributed by atoms with van der Waals surface area (Å²) >= 11 is 3.27. The van der Waals surface area contributed by atoms with Crippen molar-refractivity contribution in [2.24, 2.45) is 0 Å². The Hall–Kier alpha value is -0.170. The summed E-state index contributed by atoms with van der Waals surface area (Å²) in [6.45, 7) is 5.75. The van der Waals surface area contributed by atoms with Gasteiger partial charge < -0.3 is 18.9 Å². The highest BCUT2D eigenvalue weighted by molar-refractivity contribution is 9.09. The summed E-state index contributed by atoms with van der Waals surface area (Å²) in [4.78, 5) is 11.3. The maximum atomic E-state index is 11.3. The lowest BCUT2D eigenvalue weighted by atomic mass is 10.2. The van der Waals surface area contributed by atoms with Crippen molar-refractivity contribution in [1.29, 1.82) is 0 Å². The summed E-state index contributed by atoms with van der Waals surface area (Å²) in [6, 6.07) is 0. The van der Waals surface area contributed by atoms with Gasteiger partial charge in [0.05, 0.1) is 39.6 Å². The maximum absolute atomic E-state index is 11.3. The highest BCUT2D eigenvalue weighted by atomic mass is 79.9. The van der Waals surface area contributed by atoms with Crippen molar-refractivity contribution in [3.8, 4) is 0 Å². The van der Waals surface area contributed by atoms with Crippen LogP contribution in [-0.4, -0.2) is 57.5 Å². The zero-order valence-corrected chi connectivity index (χ0v) is 14.0. The van der Waals surface area contributed by atoms with Crippen LogP contribution in [0.1, 0.15) is 32.6 Å². The molecule has 0 aromatic carbocycles. The zero-order chi connectivity index (χ0) is 14.9. The SMILES string of the molecule is CCCCCC(=O)OCCOCCOCCOCCBr. The average molecular weight is 355 g/mol. The molecule has 20 heavy (non-hydrogen) atoms. The smallest absolute Gasteiger partial charge is 0.305 e. The highest BCUT2D eigenvalue weighted by Crippen LogP contribution is 2.00. The number of esters is 1. The third kappa shape index (κ3) is 15.9. The fraction of sp³-hybridized carbons (Fsp3) is 0.929. The molecular weight excluding hydrogens is 328 g/mol. The van der Waals surface area contributed by atoms with Crippen molar-refractivity contribution in [2.45, 2.75) is 32.6 Å². The molecule has 0 unspecified atom stereocenters. The molecule has 0 fully saturated rings. The lowest BCUT2D eigenvalue weighted by molar-refractivity contribution is -0.145. The third-order valence-corrected chi connectivity index (χ3v) is 2.76. The molecule has 0 spiro atoms. The summed E-state index contributed by atoms with van der Waals surface area (Å²) in [5.74, 6) is -0.137. The van der Waals surface area contributed by atoms with E-state index >= 15 is 0 Å². The first-order valence-corrected chi connectivity index (χ1v) is 8.38. The number of unbranched alkanes of at least 4 members (excludes halogenated alkanes) is 2. The molecule has 0 N–H and O–H groups in total. The van der Waals surface area contributed by atoms with Gasteiger partial charge in [-0.2, -0.15) is 0 Å². The van der Waals surface area contributed by atoms with E-state index < -0.39 is 0 Å². The molecule has 0 radical (unpaired) electrons. The minimum absolute atomic E-state index is 0.137. The first kappa shape index (κ1) is 19.8. The van der Waals surface area contributed by atoms with Crippen LogP contribution in [-0.2, 0) is 23.7 Å². The minimum Gasteiger partial charge on any atom is -0.463 e. The van der Waals surface area contributed by atoms with E-state index in [0.29, 0.717) is 52.7 Å². The molecule has 0 aliphatic carbocycles. The normalized spacial score (nSPS) is 10.7. The largest absolute Gasteiger partial charge is 0.463 e. The zero-order valence-electron chi connectivity index (χ0n) is 12.4. The molecule has 0 aliphatic rings. The van der Waals surface area contributed by atoms with Crippen LogP contribution in [0, 0.1) is 0 Å². The van der Waals surface area contributed by atoms with Gasteiger partial charge in [0.25, 0.3) is 0 Å². The number of halogens is 1. The molecule has 120 valence electrons. The van der Waals surface area contributed by atoms with E-state index in [1.54, 1.807) is 0 Å². The standard InChI is InChI=1S/C14H27BrO5/c1-2-3-4-5-14(16)20-13-12-19-11-10-18-9-8-17-7-6-15/h2-13H2,1H3. The van der Waals surface area contributed by atoms with Crippen LogP contribution in [0.5, 0.6) is 0 Å². The van der Waals surface area contributed by atoms with Crippen molar-refractivity contribution in [3.63, 3.8) is 0 Å². The van der Waals surface area contributed by atoms with Crippen LogP contribution < -0.4 is 0 Å². The fourth-order valence-corrected chi connectivity index (χ4v) is 1.63. The summed E-state index contributed by atoms with van der Waals surface area (Å²) in [5.41, 5.74) is 0. The Bertz CT molecular complexity index is 214. The Labute approximate surface area is 130 Å². The van der Waals surface area contributed by atoms with Crippen LogP contribution in [0.3, 0.4) is 0 Å². The number of rotatable bonds is 15. The molecule has 6 heteroatoms. The fourth-order valence-electron chi connectivity index (χ4n) is 1.40. The van der Waals surface area contributed by atoms with Gasteiger partial charge in [0, 0.05) is 11.8 Å². The first-order valence-electron chi connectivity index (χ1n) is 7.26. The van der Waals surface area contributed by atoms with Crippen molar-refractivity contribution >= 4 is 21.9 Å². The van der Waals surface area contributed by atoms with E-state index in [9.17, 15) is 4.79 Å². The molecule has 0 aromatic heterocycles. The van der Waals surface area contributed by atoms with Crippen LogP contribution in [0.4, 0.5) is 0 Å². The number of carbonyl (C=O) groups is 1. The van der Waals surface area contributed by atoms with E-state index in [4.69, 9.17) is 18.9 Å². The van der Waals surface area contributed by atoms with Gasteiger partial charge in [0.2, 0.25) is 0 Å². The van der Waals surface area contributed by atoms with E-state index in [1.165, 1.54) is 0 Å². The predicted octanol–water partition coefficient (Wildman–Crippen LogP) is 2.55. The molecule has 0 aliphatic heterocycles. The van der Waals surface area contributed by atoms with Gasteiger partial charge >= 0.3 is 5.97 Å². The Morgan fingerprint density at radius 3 is 1.95 bits per heavy atom. The Morgan fingerprint density at radius 2 is 1.40 bits per heavy atom. The van der Waals surface area contributed by atoms with Gasteiger partial charge in [-0.3, -0.25) is 4.79 Å². The number of carbonyl (C=O) groups excluding carboxylic acids is 1. The van der Waals surface area contributed by atoms with Crippen LogP contribution >= 0.6 is 15.9 Å². The number of hydrogen-bond donors (Lipinski definition) is 0.